The Kier molecular flexibility index (Phi) is 4.45. The fourth-order valence-corrected chi connectivity index (χ4v) is 2.76. The summed E-state index contributed by atoms with van der Waals surface area (Å²) in [6, 6.07) is -0.0390. The molecule has 0 aromatic carbocycles. The Bertz CT molecular complexity index is 609. The van der Waals surface area contributed by atoms with E-state index in [2.05, 4.69) is 20.2 Å². The van der Waals surface area contributed by atoms with Crippen LogP contribution in [0, 0.1) is 0 Å². The van der Waals surface area contributed by atoms with Gasteiger partial charge < -0.3 is 9.42 Å². The number of amides is 1. The summed E-state index contributed by atoms with van der Waals surface area (Å²) in [5.41, 5.74) is 0. The van der Waals surface area contributed by atoms with E-state index < -0.39 is 0 Å². The van der Waals surface area contributed by atoms with Gasteiger partial charge in [-0.1, -0.05) is 12.1 Å². The maximum atomic E-state index is 12.4. The van der Waals surface area contributed by atoms with Crippen molar-refractivity contribution in [2.24, 2.45) is 0 Å². The number of likely N-dealkylation sites (tertiary alicyclic amines) is 1. The minimum Gasteiger partial charge on any atom is -0.339 e. The second-order valence-electron chi connectivity index (χ2n) is 5.41. The summed E-state index contributed by atoms with van der Waals surface area (Å²) in [5.74, 6) is 1.41. The molecule has 3 heterocycles. The van der Waals surface area contributed by atoms with Gasteiger partial charge in [-0.05, 0) is 19.3 Å². The fraction of sp³-hybridized carbons (Fsp3) is 0.643. The van der Waals surface area contributed by atoms with Gasteiger partial charge in [0.2, 0.25) is 11.8 Å². The molecule has 2 aromatic rings. The molecule has 2 aromatic heterocycles. The summed E-state index contributed by atoms with van der Waals surface area (Å²) < 4.78 is 6.90. The Morgan fingerprint density at radius 2 is 2.41 bits per heavy atom. The predicted octanol–water partition coefficient (Wildman–Crippen LogP) is 1.37. The first kappa shape index (κ1) is 14.7. The smallest absolute Gasteiger partial charge is 0.226 e. The lowest BCUT2D eigenvalue weighted by atomic mass is 10.2. The average molecular weight is 304 g/mol. The topological polar surface area (TPSA) is 89.9 Å². The molecule has 1 fully saturated rings. The molecule has 0 N–H and O–H groups in total. The Labute approximate surface area is 128 Å². The molecule has 0 radical (unpaired) electrons. The molecule has 0 saturated carbocycles. The summed E-state index contributed by atoms with van der Waals surface area (Å²) in [6.45, 7) is 3.44. The molecule has 1 aliphatic heterocycles. The Morgan fingerprint density at radius 3 is 3.14 bits per heavy atom. The van der Waals surface area contributed by atoms with Crippen molar-refractivity contribution in [1.29, 1.82) is 0 Å². The largest absolute Gasteiger partial charge is 0.339 e. The van der Waals surface area contributed by atoms with Crippen LogP contribution >= 0.6 is 0 Å². The monoisotopic (exact) mass is 304 g/mol. The van der Waals surface area contributed by atoms with Crippen LogP contribution in [0.25, 0.3) is 0 Å². The van der Waals surface area contributed by atoms with E-state index in [0.717, 1.165) is 25.8 Å². The van der Waals surface area contributed by atoms with E-state index >= 15 is 0 Å². The zero-order valence-electron chi connectivity index (χ0n) is 12.7. The van der Waals surface area contributed by atoms with Gasteiger partial charge in [-0.2, -0.15) is 10.1 Å². The van der Waals surface area contributed by atoms with Gasteiger partial charge >= 0.3 is 0 Å². The molecular formula is C14H20N6O2. The average Bonchev–Trinajstić information content (AvgIpc) is 3.27. The van der Waals surface area contributed by atoms with Crippen molar-refractivity contribution in [3.05, 3.63) is 24.4 Å². The molecule has 0 aliphatic carbocycles. The fourth-order valence-electron chi connectivity index (χ4n) is 2.76. The minimum atomic E-state index is -0.0390. The maximum absolute atomic E-state index is 12.4. The SMILES string of the molecule is CCc1nc([C@@H]2CCCN2C(=O)CCCn2cncn2)no1. The molecule has 118 valence electrons. The number of rotatable bonds is 6. The van der Waals surface area contributed by atoms with Crippen LogP contribution in [0.2, 0.25) is 0 Å². The summed E-state index contributed by atoms with van der Waals surface area (Å²) >= 11 is 0. The number of carbonyl (C=O) groups is 1. The molecule has 22 heavy (non-hydrogen) atoms. The second kappa shape index (κ2) is 6.67. The number of carbonyl (C=O) groups excluding carboxylic acids is 1. The molecule has 8 nitrogen and oxygen atoms in total. The van der Waals surface area contributed by atoms with Crippen molar-refractivity contribution in [3.8, 4) is 0 Å². The highest BCUT2D eigenvalue weighted by Gasteiger charge is 2.32. The van der Waals surface area contributed by atoms with Crippen molar-refractivity contribution < 1.29 is 9.32 Å². The van der Waals surface area contributed by atoms with Gasteiger partial charge in [0, 0.05) is 25.9 Å². The third kappa shape index (κ3) is 3.15. The molecule has 3 rings (SSSR count). The third-order valence-electron chi connectivity index (χ3n) is 3.90. The first-order valence-electron chi connectivity index (χ1n) is 7.72. The van der Waals surface area contributed by atoms with Crippen molar-refractivity contribution in [3.63, 3.8) is 0 Å². The number of hydrogen-bond donors (Lipinski definition) is 0. The van der Waals surface area contributed by atoms with E-state index in [9.17, 15) is 4.79 Å². The summed E-state index contributed by atoms with van der Waals surface area (Å²) in [4.78, 5) is 22.6. The molecule has 0 spiro atoms. The van der Waals surface area contributed by atoms with Crippen molar-refractivity contribution in [1.82, 2.24) is 29.8 Å². The van der Waals surface area contributed by atoms with E-state index in [1.807, 2.05) is 11.8 Å². The van der Waals surface area contributed by atoms with Gasteiger partial charge in [-0.3, -0.25) is 9.48 Å². The van der Waals surface area contributed by atoms with Crippen LogP contribution in [0.15, 0.2) is 17.2 Å². The molecule has 0 bridgehead atoms. The molecule has 0 unspecified atom stereocenters. The Hall–Kier alpha value is -2.25. The maximum Gasteiger partial charge on any atom is 0.226 e. The first-order valence-corrected chi connectivity index (χ1v) is 7.72. The predicted molar refractivity (Wildman–Crippen MR) is 76.6 cm³/mol. The van der Waals surface area contributed by atoms with Gasteiger partial charge in [0.1, 0.15) is 12.7 Å². The van der Waals surface area contributed by atoms with Crippen LogP contribution in [0.5, 0.6) is 0 Å². The van der Waals surface area contributed by atoms with Crippen molar-refractivity contribution in [2.75, 3.05) is 6.54 Å². The lowest BCUT2D eigenvalue weighted by molar-refractivity contribution is -0.132. The van der Waals surface area contributed by atoms with Crippen molar-refractivity contribution in [2.45, 2.75) is 51.6 Å². The second-order valence-corrected chi connectivity index (χ2v) is 5.41. The summed E-state index contributed by atoms with van der Waals surface area (Å²) in [7, 11) is 0. The highest BCUT2D eigenvalue weighted by Crippen LogP contribution is 2.30. The van der Waals surface area contributed by atoms with E-state index in [-0.39, 0.29) is 11.9 Å². The highest BCUT2D eigenvalue weighted by atomic mass is 16.5. The zero-order valence-corrected chi connectivity index (χ0v) is 12.7. The quantitative estimate of drug-likeness (QED) is 0.800. The van der Waals surface area contributed by atoms with Gasteiger partial charge in [0.15, 0.2) is 5.82 Å². The van der Waals surface area contributed by atoms with E-state index in [0.29, 0.717) is 31.1 Å². The number of nitrogens with zero attached hydrogens (tertiary/aromatic N) is 6. The van der Waals surface area contributed by atoms with Crippen LogP contribution in [-0.2, 0) is 17.8 Å². The summed E-state index contributed by atoms with van der Waals surface area (Å²) in [5, 5.41) is 8.05. The number of aryl methyl sites for hydroxylation is 2. The Morgan fingerprint density at radius 1 is 1.50 bits per heavy atom. The third-order valence-corrected chi connectivity index (χ3v) is 3.90. The normalized spacial score (nSPS) is 18.0. The van der Waals surface area contributed by atoms with Crippen molar-refractivity contribution >= 4 is 5.91 Å². The lowest BCUT2D eigenvalue weighted by Gasteiger charge is -2.22. The molecule has 1 amide bonds. The van der Waals surface area contributed by atoms with Crippen LogP contribution in [0.3, 0.4) is 0 Å². The highest BCUT2D eigenvalue weighted by molar-refractivity contribution is 5.76. The number of hydrogen-bond acceptors (Lipinski definition) is 6. The molecule has 1 aliphatic rings. The molecule has 1 atom stereocenters. The van der Waals surface area contributed by atoms with Gasteiger partial charge in [-0.15, -0.1) is 0 Å². The molecule has 1 saturated heterocycles. The van der Waals surface area contributed by atoms with Crippen LogP contribution < -0.4 is 0 Å². The van der Waals surface area contributed by atoms with Crippen LogP contribution in [0.1, 0.15) is 50.4 Å². The van der Waals surface area contributed by atoms with Crippen LogP contribution in [-0.4, -0.2) is 42.3 Å². The van der Waals surface area contributed by atoms with Crippen LogP contribution in [0.4, 0.5) is 0 Å². The minimum absolute atomic E-state index is 0.0390. The van der Waals surface area contributed by atoms with E-state index in [1.165, 1.54) is 6.33 Å². The van der Waals surface area contributed by atoms with Gasteiger partial charge in [-0.25, -0.2) is 4.98 Å². The standard InChI is InChI=1S/C14H20N6O2/c1-2-12-17-14(18-22-12)11-5-3-8-20(11)13(21)6-4-7-19-10-15-9-16-19/h9-11H,2-8H2,1H3/t11-/m0/s1. The molecule has 8 heteroatoms. The van der Waals surface area contributed by atoms with E-state index in [4.69, 9.17) is 4.52 Å². The summed E-state index contributed by atoms with van der Waals surface area (Å²) in [6.07, 6.45) is 7.00. The molecular weight excluding hydrogens is 284 g/mol. The van der Waals surface area contributed by atoms with E-state index in [1.54, 1.807) is 11.0 Å². The Balaban J connectivity index is 1.56. The zero-order chi connectivity index (χ0) is 15.4. The lowest BCUT2D eigenvalue weighted by Crippen LogP contribution is -2.31. The van der Waals surface area contributed by atoms with Gasteiger partial charge in [0.05, 0.1) is 6.04 Å². The first-order chi connectivity index (χ1) is 10.8. The number of aromatic nitrogens is 5. The van der Waals surface area contributed by atoms with Gasteiger partial charge in [0.25, 0.3) is 0 Å².